The molecule has 0 bridgehead atoms. The Balaban J connectivity index is 1.70. The van der Waals surface area contributed by atoms with Crippen molar-refractivity contribution in [2.75, 3.05) is 26.2 Å². The summed E-state index contributed by atoms with van der Waals surface area (Å²) in [5.41, 5.74) is 1.50. The van der Waals surface area contributed by atoms with E-state index in [2.05, 4.69) is 0 Å². The minimum absolute atomic E-state index is 0.0561. The molecule has 1 N–H and O–H groups in total. The van der Waals surface area contributed by atoms with Gasteiger partial charge in [0, 0.05) is 31.6 Å². The number of halogens is 2. The fourth-order valence-electron chi connectivity index (χ4n) is 3.40. The second-order valence-electron chi connectivity index (χ2n) is 6.78. The summed E-state index contributed by atoms with van der Waals surface area (Å²) in [6.07, 6.45) is 0.794. The van der Waals surface area contributed by atoms with Gasteiger partial charge in [0.15, 0.2) is 0 Å². The topological polar surface area (TPSA) is 60.9 Å². The van der Waals surface area contributed by atoms with E-state index in [-0.39, 0.29) is 30.9 Å². The normalized spacial score (nSPS) is 16.0. The van der Waals surface area contributed by atoms with Crippen LogP contribution in [-0.4, -0.2) is 59.0 Å². The highest BCUT2D eigenvalue weighted by Gasteiger charge is 2.29. The molecule has 2 aromatic carbocycles. The van der Waals surface area contributed by atoms with Crippen LogP contribution < -0.4 is 0 Å². The third-order valence-corrected chi connectivity index (χ3v) is 5.69. The molecule has 0 unspecified atom stereocenters. The maximum Gasteiger partial charge on any atom is 0.253 e. The van der Waals surface area contributed by atoms with Crippen molar-refractivity contribution in [3.8, 4) is 0 Å². The van der Waals surface area contributed by atoms with Gasteiger partial charge in [-0.2, -0.15) is 0 Å². The maximum absolute atomic E-state index is 12.8. The van der Waals surface area contributed by atoms with Crippen LogP contribution in [0.4, 0.5) is 0 Å². The molecule has 3 rings (SSSR count). The van der Waals surface area contributed by atoms with Crippen molar-refractivity contribution in [2.45, 2.75) is 18.9 Å². The number of carbonyl (C=O) groups is 2. The van der Waals surface area contributed by atoms with E-state index >= 15 is 0 Å². The van der Waals surface area contributed by atoms with Crippen LogP contribution in [0.25, 0.3) is 0 Å². The third kappa shape index (κ3) is 4.85. The molecule has 2 aromatic rings. The van der Waals surface area contributed by atoms with Crippen molar-refractivity contribution >= 4 is 35.0 Å². The quantitative estimate of drug-likeness (QED) is 0.806. The number of carbonyl (C=O) groups excluding carboxylic acids is 2. The summed E-state index contributed by atoms with van der Waals surface area (Å²) >= 11 is 11.9. The molecule has 2 amide bonds. The predicted molar refractivity (Wildman–Crippen MR) is 110 cm³/mol. The molecule has 7 heteroatoms. The van der Waals surface area contributed by atoms with Crippen molar-refractivity contribution in [1.82, 2.24) is 9.80 Å². The molecule has 5 nitrogen and oxygen atoms in total. The number of hydrogen-bond donors (Lipinski definition) is 1. The van der Waals surface area contributed by atoms with Gasteiger partial charge in [-0.25, -0.2) is 0 Å². The SMILES string of the molecule is O=C(c1ccc(Cl)c(Cl)c1)N1CCC(=O)N([C@H](CO)Cc2ccccc2)CC1. The highest BCUT2D eigenvalue weighted by molar-refractivity contribution is 6.42. The second kappa shape index (κ2) is 9.41. The van der Waals surface area contributed by atoms with Gasteiger partial charge in [0.05, 0.1) is 22.7 Å². The van der Waals surface area contributed by atoms with Crippen LogP contribution in [0, 0.1) is 0 Å². The molecular formula is C21H22Cl2N2O3. The van der Waals surface area contributed by atoms with E-state index in [9.17, 15) is 14.7 Å². The smallest absolute Gasteiger partial charge is 0.253 e. The molecule has 1 aliphatic rings. The lowest BCUT2D eigenvalue weighted by Gasteiger charge is -2.30. The van der Waals surface area contributed by atoms with E-state index in [1.165, 1.54) is 0 Å². The molecule has 1 saturated heterocycles. The molecule has 0 aliphatic carbocycles. The van der Waals surface area contributed by atoms with E-state index < -0.39 is 0 Å². The Bertz CT molecular complexity index is 845. The van der Waals surface area contributed by atoms with Crippen LogP contribution in [0.3, 0.4) is 0 Å². The first kappa shape index (κ1) is 20.6. The first-order valence-electron chi connectivity index (χ1n) is 9.18. The van der Waals surface area contributed by atoms with Crippen LogP contribution in [0.1, 0.15) is 22.3 Å². The molecule has 28 heavy (non-hydrogen) atoms. The van der Waals surface area contributed by atoms with Crippen molar-refractivity contribution in [2.24, 2.45) is 0 Å². The first-order chi connectivity index (χ1) is 13.5. The average molecular weight is 421 g/mol. The van der Waals surface area contributed by atoms with Crippen LogP contribution in [0.15, 0.2) is 48.5 Å². The lowest BCUT2D eigenvalue weighted by atomic mass is 10.0. The van der Waals surface area contributed by atoms with E-state index in [0.717, 1.165) is 5.56 Å². The Labute approximate surface area is 174 Å². The number of hydrogen-bond acceptors (Lipinski definition) is 3. The number of amides is 2. The molecule has 0 spiro atoms. The summed E-state index contributed by atoms with van der Waals surface area (Å²) in [6.45, 7) is 0.985. The van der Waals surface area contributed by atoms with E-state index in [4.69, 9.17) is 23.2 Å². The lowest BCUT2D eigenvalue weighted by Crippen LogP contribution is -2.45. The summed E-state index contributed by atoms with van der Waals surface area (Å²) in [6, 6.07) is 14.2. The summed E-state index contributed by atoms with van der Waals surface area (Å²) < 4.78 is 0. The Morgan fingerprint density at radius 3 is 2.46 bits per heavy atom. The fraction of sp³-hybridized carbons (Fsp3) is 0.333. The van der Waals surface area contributed by atoms with Gasteiger partial charge in [-0.3, -0.25) is 9.59 Å². The van der Waals surface area contributed by atoms with Crippen LogP contribution >= 0.6 is 23.2 Å². The van der Waals surface area contributed by atoms with Crippen molar-refractivity contribution in [3.63, 3.8) is 0 Å². The Morgan fingerprint density at radius 2 is 1.79 bits per heavy atom. The van der Waals surface area contributed by atoms with Gasteiger partial charge in [-0.15, -0.1) is 0 Å². The Hall–Kier alpha value is -2.08. The minimum atomic E-state index is -0.310. The molecule has 148 valence electrons. The Kier molecular flexibility index (Phi) is 6.94. The predicted octanol–water partition coefficient (Wildman–Crippen LogP) is 3.27. The summed E-state index contributed by atoms with van der Waals surface area (Å²) in [5.74, 6) is -0.240. The molecule has 1 aliphatic heterocycles. The van der Waals surface area contributed by atoms with Gasteiger partial charge in [0.2, 0.25) is 5.91 Å². The number of nitrogens with zero attached hydrogens (tertiary/aromatic N) is 2. The Morgan fingerprint density at radius 1 is 1.04 bits per heavy atom. The summed E-state index contributed by atoms with van der Waals surface area (Å²) in [4.78, 5) is 28.8. The van der Waals surface area contributed by atoms with Gasteiger partial charge in [-0.05, 0) is 30.2 Å². The lowest BCUT2D eigenvalue weighted by molar-refractivity contribution is -0.133. The van der Waals surface area contributed by atoms with Gasteiger partial charge >= 0.3 is 0 Å². The summed E-state index contributed by atoms with van der Waals surface area (Å²) in [7, 11) is 0. The standard InChI is InChI=1S/C21H22Cl2N2O3/c22-18-7-6-16(13-19(18)23)21(28)24-9-8-20(27)25(11-10-24)17(14-26)12-15-4-2-1-3-5-15/h1-7,13,17,26H,8-12,14H2/t17-/m0/s1. The highest BCUT2D eigenvalue weighted by atomic mass is 35.5. The van der Waals surface area contributed by atoms with Gasteiger partial charge in [-0.1, -0.05) is 53.5 Å². The van der Waals surface area contributed by atoms with Crippen LogP contribution in [-0.2, 0) is 11.2 Å². The molecule has 1 heterocycles. The molecule has 1 atom stereocenters. The van der Waals surface area contributed by atoms with Gasteiger partial charge < -0.3 is 14.9 Å². The highest BCUT2D eigenvalue weighted by Crippen LogP contribution is 2.24. The average Bonchev–Trinajstić information content (AvgIpc) is 2.90. The second-order valence-corrected chi connectivity index (χ2v) is 7.60. The zero-order valence-corrected chi connectivity index (χ0v) is 16.9. The largest absolute Gasteiger partial charge is 0.394 e. The molecule has 1 fully saturated rings. The van der Waals surface area contributed by atoms with Crippen LogP contribution in [0.5, 0.6) is 0 Å². The number of rotatable bonds is 5. The van der Waals surface area contributed by atoms with Gasteiger partial charge in [0.1, 0.15) is 0 Å². The van der Waals surface area contributed by atoms with Crippen molar-refractivity contribution in [3.05, 3.63) is 69.7 Å². The number of benzene rings is 2. The zero-order chi connectivity index (χ0) is 20.1. The minimum Gasteiger partial charge on any atom is -0.394 e. The van der Waals surface area contributed by atoms with Crippen molar-refractivity contribution < 1.29 is 14.7 Å². The summed E-state index contributed by atoms with van der Waals surface area (Å²) in [5, 5.41) is 10.6. The monoisotopic (exact) mass is 420 g/mol. The fourth-order valence-corrected chi connectivity index (χ4v) is 3.70. The number of aliphatic hydroxyl groups is 1. The maximum atomic E-state index is 12.8. The molecule has 0 aromatic heterocycles. The molecular weight excluding hydrogens is 399 g/mol. The van der Waals surface area contributed by atoms with E-state index in [1.807, 2.05) is 30.3 Å². The third-order valence-electron chi connectivity index (χ3n) is 4.95. The zero-order valence-electron chi connectivity index (χ0n) is 15.4. The number of aliphatic hydroxyl groups excluding tert-OH is 1. The van der Waals surface area contributed by atoms with E-state index in [1.54, 1.807) is 28.0 Å². The van der Waals surface area contributed by atoms with E-state index in [0.29, 0.717) is 41.7 Å². The van der Waals surface area contributed by atoms with Crippen LogP contribution in [0.2, 0.25) is 10.0 Å². The van der Waals surface area contributed by atoms with Crippen molar-refractivity contribution in [1.29, 1.82) is 0 Å². The molecule has 0 saturated carbocycles. The molecule has 0 radical (unpaired) electrons. The first-order valence-corrected chi connectivity index (χ1v) is 9.93. The van der Waals surface area contributed by atoms with Gasteiger partial charge in [0.25, 0.3) is 5.91 Å².